The number of guanidine groups is 1. The van der Waals surface area contributed by atoms with Crippen molar-refractivity contribution in [3.05, 3.63) is 34.0 Å². The Bertz CT molecular complexity index is 721. The van der Waals surface area contributed by atoms with Crippen LogP contribution in [0, 0.1) is 6.92 Å². The maximum atomic E-state index is 4.86. The predicted octanol–water partition coefficient (Wildman–Crippen LogP) is 2.87. The van der Waals surface area contributed by atoms with Crippen LogP contribution in [-0.2, 0) is 20.1 Å². The zero-order chi connectivity index (χ0) is 19.1. The summed E-state index contributed by atoms with van der Waals surface area (Å²) in [6.45, 7) is 10.9. The smallest absolute Gasteiger partial charge is 0.194 e. The van der Waals surface area contributed by atoms with Crippen LogP contribution in [0.2, 0.25) is 0 Å². The van der Waals surface area contributed by atoms with Gasteiger partial charge in [0.05, 0.1) is 0 Å². The lowest BCUT2D eigenvalue weighted by Gasteiger charge is -2.36. The molecule has 0 atom stereocenters. The van der Waals surface area contributed by atoms with E-state index in [9.17, 15) is 0 Å². The van der Waals surface area contributed by atoms with Crippen molar-refractivity contribution in [3.63, 3.8) is 0 Å². The normalized spacial score (nSPS) is 15.5. The highest BCUT2D eigenvalue weighted by Gasteiger charge is 2.20. The molecule has 1 saturated heterocycles. The first-order valence-electron chi connectivity index (χ1n) is 9.80. The number of aliphatic imine (C=N–C) groups is 1. The number of hydrogen-bond acceptors (Lipinski definition) is 5. The summed E-state index contributed by atoms with van der Waals surface area (Å²) in [6, 6.07) is 4.35. The highest BCUT2D eigenvalue weighted by Crippen LogP contribution is 2.13. The standard InChI is InChI=1S/C19H31N7S.HI/c1-4-5-8-20-19(21-14-18-23-22-16(2)24(18)3)26-11-9-25(10-12-26)15-17-7-6-13-27-17;/h6-7,13H,4-5,8-12,14-15H2,1-3H3,(H,20,21);1H. The Morgan fingerprint density at radius 2 is 2.04 bits per heavy atom. The lowest BCUT2D eigenvalue weighted by Crippen LogP contribution is -2.52. The summed E-state index contributed by atoms with van der Waals surface area (Å²) >= 11 is 1.84. The Labute approximate surface area is 189 Å². The second-order valence-electron chi connectivity index (χ2n) is 6.99. The van der Waals surface area contributed by atoms with E-state index in [4.69, 9.17) is 4.99 Å². The summed E-state index contributed by atoms with van der Waals surface area (Å²) in [7, 11) is 1.99. The number of halogens is 1. The van der Waals surface area contributed by atoms with Gasteiger partial charge in [0.25, 0.3) is 0 Å². The molecular formula is C19H32IN7S. The minimum absolute atomic E-state index is 0. The van der Waals surface area contributed by atoms with E-state index in [1.165, 1.54) is 11.3 Å². The van der Waals surface area contributed by atoms with E-state index in [1.807, 2.05) is 29.9 Å². The van der Waals surface area contributed by atoms with Crippen molar-refractivity contribution >= 4 is 41.3 Å². The zero-order valence-electron chi connectivity index (χ0n) is 17.1. The molecular weight excluding hydrogens is 485 g/mol. The Balaban J connectivity index is 0.00000280. The van der Waals surface area contributed by atoms with E-state index in [1.54, 1.807) is 0 Å². The molecule has 156 valence electrons. The van der Waals surface area contributed by atoms with Crippen LogP contribution >= 0.6 is 35.3 Å². The van der Waals surface area contributed by atoms with Crippen molar-refractivity contribution in [1.29, 1.82) is 0 Å². The van der Waals surface area contributed by atoms with Gasteiger partial charge in [0.15, 0.2) is 11.8 Å². The van der Waals surface area contributed by atoms with Crippen molar-refractivity contribution in [2.75, 3.05) is 32.7 Å². The van der Waals surface area contributed by atoms with Gasteiger partial charge in [-0.3, -0.25) is 4.90 Å². The number of unbranched alkanes of at least 4 members (excludes halogenated alkanes) is 1. The second-order valence-corrected chi connectivity index (χ2v) is 8.02. The molecule has 0 saturated carbocycles. The molecule has 0 aromatic carbocycles. The zero-order valence-corrected chi connectivity index (χ0v) is 20.2. The largest absolute Gasteiger partial charge is 0.356 e. The van der Waals surface area contributed by atoms with Gasteiger partial charge in [-0.05, 0) is 24.8 Å². The fourth-order valence-electron chi connectivity index (χ4n) is 3.12. The van der Waals surface area contributed by atoms with E-state index < -0.39 is 0 Å². The molecule has 0 aliphatic carbocycles. The molecule has 28 heavy (non-hydrogen) atoms. The number of thiophene rings is 1. The van der Waals surface area contributed by atoms with Gasteiger partial charge in [-0.25, -0.2) is 4.99 Å². The van der Waals surface area contributed by atoms with Gasteiger partial charge in [0.2, 0.25) is 0 Å². The van der Waals surface area contributed by atoms with Crippen LogP contribution in [0.25, 0.3) is 0 Å². The summed E-state index contributed by atoms with van der Waals surface area (Å²) in [4.78, 5) is 11.2. The van der Waals surface area contributed by atoms with Gasteiger partial charge in [0.1, 0.15) is 12.4 Å². The van der Waals surface area contributed by atoms with Crippen molar-refractivity contribution in [1.82, 2.24) is 29.9 Å². The van der Waals surface area contributed by atoms with Gasteiger partial charge in [-0.2, -0.15) is 0 Å². The molecule has 3 rings (SSSR count). The van der Waals surface area contributed by atoms with Crippen LogP contribution in [0.15, 0.2) is 22.5 Å². The number of hydrogen-bond donors (Lipinski definition) is 1. The molecule has 0 bridgehead atoms. The van der Waals surface area contributed by atoms with Crippen molar-refractivity contribution < 1.29 is 0 Å². The van der Waals surface area contributed by atoms with E-state index in [0.29, 0.717) is 6.54 Å². The number of aryl methyl sites for hydroxylation is 1. The summed E-state index contributed by atoms with van der Waals surface area (Å²) in [5.74, 6) is 2.82. The maximum Gasteiger partial charge on any atom is 0.194 e. The van der Waals surface area contributed by atoms with Gasteiger partial charge in [0, 0.05) is 51.2 Å². The van der Waals surface area contributed by atoms with Gasteiger partial charge >= 0.3 is 0 Å². The van der Waals surface area contributed by atoms with E-state index >= 15 is 0 Å². The summed E-state index contributed by atoms with van der Waals surface area (Å²) in [6.07, 6.45) is 2.33. The van der Waals surface area contributed by atoms with E-state index in [0.717, 1.165) is 63.3 Å². The molecule has 7 nitrogen and oxygen atoms in total. The number of nitrogens with zero attached hydrogens (tertiary/aromatic N) is 6. The highest BCUT2D eigenvalue weighted by atomic mass is 127. The number of piperazine rings is 1. The third-order valence-electron chi connectivity index (χ3n) is 5.00. The Morgan fingerprint density at radius 3 is 2.64 bits per heavy atom. The average Bonchev–Trinajstić information content (AvgIpc) is 3.30. The number of aromatic nitrogens is 3. The lowest BCUT2D eigenvalue weighted by molar-refractivity contribution is 0.173. The highest BCUT2D eigenvalue weighted by molar-refractivity contribution is 14.0. The van der Waals surface area contributed by atoms with E-state index in [2.05, 4.69) is 49.8 Å². The van der Waals surface area contributed by atoms with Crippen LogP contribution in [-0.4, -0.2) is 63.2 Å². The fourth-order valence-corrected chi connectivity index (χ4v) is 3.87. The summed E-state index contributed by atoms with van der Waals surface area (Å²) in [5, 5.41) is 14.1. The van der Waals surface area contributed by atoms with Gasteiger partial charge < -0.3 is 14.8 Å². The fraction of sp³-hybridized carbons (Fsp3) is 0.632. The summed E-state index contributed by atoms with van der Waals surface area (Å²) in [5.41, 5.74) is 0. The van der Waals surface area contributed by atoms with Crippen LogP contribution in [0.4, 0.5) is 0 Å². The molecule has 1 N–H and O–H groups in total. The van der Waals surface area contributed by atoms with Gasteiger partial charge in [-0.15, -0.1) is 45.5 Å². The molecule has 1 fully saturated rings. The number of rotatable bonds is 7. The van der Waals surface area contributed by atoms with Crippen molar-refractivity contribution in [2.24, 2.45) is 12.0 Å². The van der Waals surface area contributed by atoms with E-state index in [-0.39, 0.29) is 24.0 Å². The number of nitrogens with one attached hydrogen (secondary N) is 1. The molecule has 2 aromatic rings. The SMILES string of the molecule is CCCCNC(=NCc1nnc(C)n1C)N1CCN(Cc2cccs2)CC1.I. The minimum Gasteiger partial charge on any atom is -0.356 e. The first kappa shape index (κ1) is 23.1. The molecule has 3 heterocycles. The molecule has 0 spiro atoms. The maximum absolute atomic E-state index is 4.86. The molecule has 0 unspecified atom stereocenters. The quantitative estimate of drug-likeness (QED) is 0.265. The van der Waals surface area contributed by atoms with Crippen LogP contribution in [0.3, 0.4) is 0 Å². The third kappa shape index (κ3) is 6.41. The van der Waals surface area contributed by atoms with Crippen LogP contribution in [0.1, 0.15) is 36.3 Å². The topological polar surface area (TPSA) is 61.6 Å². The average molecular weight is 517 g/mol. The molecule has 1 aliphatic rings. The third-order valence-corrected chi connectivity index (χ3v) is 5.86. The Hall–Kier alpha value is -1.20. The first-order valence-corrected chi connectivity index (χ1v) is 10.7. The monoisotopic (exact) mass is 517 g/mol. The molecule has 0 amide bonds. The van der Waals surface area contributed by atoms with Gasteiger partial charge in [-0.1, -0.05) is 19.4 Å². The van der Waals surface area contributed by atoms with Crippen molar-refractivity contribution in [3.8, 4) is 0 Å². The second kappa shape index (κ2) is 11.7. The van der Waals surface area contributed by atoms with Crippen molar-refractivity contribution in [2.45, 2.75) is 39.8 Å². The first-order chi connectivity index (χ1) is 13.2. The molecule has 1 aliphatic heterocycles. The molecule has 9 heteroatoms. The minimum atomic E-state index is 0. The predicted molar refractivity (Wildman–Crippen MR) is 126 cm³/mol. The Kier molecular flexibility index (Phi) is 9.66. The summed E-state index contributed by atoms with van der Waals surface area (Å²) < 4.78 is 2.01. The van der Waals surface area contributed by atoms with Crippen LogP contribution < -0.4 is 5.32 Å². The molecule has 2 aromatic heterocycles. The lowest BCUT2D eigenvalue weighted by atomic mass is 10.3. The van der Waals surface area contributed by atoms with Crippen LogP contribution in [0.5, 0.6) is 0 Å². The Morgan fingerprint density at radius 1 is 1.25 bits per heavy atom. The molecule has 0 radical (unpaired) electrons.